The molecule has 0 spiro atoms. The largest absolute Gasteiger partial charge is 0.358 e. The summed E-state index contributed by atoms with van der Waals surface area (Å²) in [7, 11) is 0. The summed E-state index contributed by atoms with van der Waals surface area (Å²) in [6, 6.07) is 6.71. The van der Waals surface area contributed by atoms with E-state index in [1.165, 1.54) is 47.8 Å². The molecule has 1 nitrogen and oxygen atoms in total. The van der Waals surface area contributed by atoms with Crippen LogP contribution in [0.5, 0.6) is 0 Å². The molecule has 0 unspecified atom stereocenters. The van der Waals surface area contributed by atoms with Crippen molar-refractivity contribution >= 4 is 10.9 Å². The Labute approximate surface area is 97.9 Å². The van der Waals surface area contributed by atoms with E-state index in [2.05, 4.69) is 30.1 Å². The van der Waals surface area contributed by atoms with Crippen molar-refractivity contribution in [2.45, 2.75) is 46.5 Å². The van der Waals surface area contributed by atoms with Gasteiger partial charge in [-0.2, -0.15) is 0 Å². The minimum Gasteiger partial charge on any atom is -0.358 e. The van der Waals surface area contributed by atoms with E-state index in [9.17, 15) is 0 Å². The normalized spacial score (nSPS) is 14.2. The van der Waals surface area contributed by atoms with Crippen LogP contribution < -0.4 is 0 Å². The van der Waals surface area contributed by atoms with E-state index in [0.29, 0.717) is 0 Å². The van der Waals surface area contributed by atoms with Crippen LogP contribution in [0.1, 0.15) is 43.5 Å². The molecule has 2 aromatic rings. The predicted molar refractivity (Wildman–Crippen MR) is 71.0 cm³/mol. The molecule has 0 fully saturated rings. The molecule has 3 rings (SSSR count). The zero-order valence-corrected chi connectivity index (χ0v) is 10.6. The van der Waals surface area contributed by atoms with Crippen molar-refractivity contribution in [3.05, 3.63) is 35.0 Å². The van der Waals surface area contributed by atoms with Crippen LogP contribution in [-0.2, 0) is 12.8 Å². The van der Waals surface area contributed by atoms with Gasteiger partial charge in [0.15, 0.2) is 0 Å². The molecule has 1 aromatic carbocycles. The number of aromatic nitrogens is 1. The second kappa shape index (κ2) is 4.73. The molecule has 0 aliphatic heterocycles. The Kier molecular flexibility index (Phi) is 3.33. The molecule has 16 heavy (non-hydrogen) atoms. The van der Waals surface area contributed by atoms with Crippen LogP contribution in [0, 0.1) is 6.92 Å². The third-order valence-electron chi connectivity index (χ3n) is 3.25. The number of H-pyrrole nitrogens is 1. The zero-order chi connectivity index (χ0) is 11.5. The number of hydrogen-bond acceptors (Lipinski definition) is 0. The minimum absolute atomic E-state index is 1.24. The van der Waals surface area contributed by atoms with Gasteiger partial charge in [0.2, 0.25) is 0 Å². The van der Waals surface area contributed by atoms with E-state index in [-0.39, 0.29) is 0 Å². The van der Waals surface area contributed by atoms with Gasteiger partial charge in [-0.3, -0.25) is 0 Å². The van der Waals surface area contributed by atoms with E-state index in [1.807, 2.05) is 13.8 Å². The summed E-state index contributed by atoms with van der Waals surface area (Å²) in [6.07, 6.45) is 5.20. The summed E-state index contributed by atoms with van der Waals surface area (Å²) >= 11 is 0. The quantitative estimate of drug-likeness (QED) is 0.671. The van der Waals surface area contributed by atoms with Crippen LogP contribution in [-0.4, -0.2) is 4.98 Å². The fraction of sp³-hybridized carbons (Fsp3) is 0.467. The van der Waals surface area contributed by atoms with Gasteiger partial charge < -0.3 is 4.98 Å². The monoisotopic (exact) mass is 215 g/mol. The van der Waals surface area contributed by atoms with Gasteiger partial charge in [-0.25, -0.2) is 0 Å². The lowest BCUT2D eigenvalue weighted by Gasteiger charge is -2.10. The van der Waals surface area contributed by atoms with Gasteiger partial charge in [-0.05, 0) is 50.3 Å². The molecule has 0 saturated heterocycles. The first-order valence-electron chi connectivity index (χ1n) is 6.45. The Morgan fingerprint density at radius 2 is 1.81 bits per heavy atom. The molecule has 0 amide bonds. The molecular formula is C15H21N. The first-order valence-corrected chi connectivity index (χ1v) is 6.45. The molecule has 0 radical (unpaired) electrons. The number of aromatic amines is 1. The average molecular weight is 215 g/mol. The summed E-state index contributed by atoms with van der Waals surface area (Å²) in [6.45, 7) is 6.17. The highest BCUT2D eigenvalue weighted by atomic mass is 14.7. The maximum absolute atomic E-state index is 3.54. The fourth-order valence-corrected chi connectivity index (χ4v) is 2.52. The summed E-state index contributed by atoms with van der Waals surface area (Å²) < 4.78 is 0. The molecule has 0 saturated carbocycles. The molecule has 1 aromatic heterocycles. The third kappa shape index (κ3) is 1.87. The van der Waals surface area contributed by atoms with Crippen LogP contribution in [0.3, 0.4) is 0 Å². The maximum atomic E-state index is 3.54. The van der Waals surface area contributed by atoms with Gasteiger partial charge in [0.05, 0.1) is 0 Å². The average Bonchev–Trinajstić information content (AvgIpc) is 2.70. The molecule has 1 aliphatic carbocycles. The Balaban J connectivity index is 0.000000457. The molecular weight excluding hydrogens is 194 g/mol. The van der Waals surface area contributed by atoms with Gasteiger partial charge in [0, 0.05) is 16.6 Å². The van der Waals surface area contributed by atoms with E-state index in [4.69, 9.17) is 0 Å². The third-order valence-corrected chi connectivity index (χ3v) is 3.25. The summed E-state index contributed by atoms with van der Waals surface area (Å²) in [5.41, 5.74) is 5.75. The van der Waals surface area contributed by atoms with Gasteiger partial charge in [0.1, 0.15) is 0 Å². The van der Waals surface area contributed by atoms with E-state index >= 15 is 0 Å². The van der Waals surface area contributed by atoms with Gasteiger partial charge >= 0.3 is 0 Å². The Bertz CT molecular complexity index is 479. The van der Waals surface area contributed by atoms with Gasteiger partial charge in [0.25, 0.3) is 0 Å². The van der Waals surface area contributed by atoms with Crippen molar-refractivity contribution in [2.75, 3.05) is 0 Å². The standard InChI is InChI=1S/C13H15N.C2H6/c1-9-6-7-13-11(8-9)10-4-2-3-5-12(10)14-13;1-2/h6-8,14H,2-5H2,1H3;1-2H3. The van der Waals surface area contributed by atoms with Crippen molar-refractivity contribution in [1.82, 2.24) is 4.98 Å². The summed E-state index contributed by atoms with van der Waals surface area (Å²) in [4.78, 5) is 3.54. The lowest BCUT2D eigenvalue weighted by atomic mass is 9.95. The smallest absolute Gasteiger partial charge is 0.0459 e. The predicted octanol–water partition coefficient (Wildman–Crippen LogP) is 4.38. The van der Waals surface area contributed by atoms with Crippen LogP contribution in [0.2, 0.25) is 0 Å². The molecule has 0 bridgehead atoms. The Morgan fingerprint density at radius 1 is 1.06 bits per heavy atom. The molecule has 1 heterocycles. The SMILES string of the molecule is CC.Cc1ccc2[nH]c3c(c2c1)CCCC3. The van der Waals surface area contributed by atoms with Crippen molar-refractivity contribution in [3.8, 4) is 0 Å². The minimum atomic E-state index is 1.24. The van der Waals surface area contributed by atoms with Crippen LogP contribution in [0.15, 0.2) is 18.2 Å². The number of rotatable bonds is 0. The Morgan fingerprint density at radius 3 is 2.62 bits per heavy atom. The zero-order valence-electron chi connectivity index (χ0n) is 10.6. The molecule has 0 atom stereocenters. The topological polar surface area (TPSA) is 15.8 Å². The van der Waals surface area contributed by atoms with E-state index in [0.717, 1.165) is 0 Å². The first-order chi connectivity index (χ1) is 7.84. The number of benzene rings is 1. The number of hydrogen-bond donors (Lipinski definition) is 1. The highest BCUT2D eigenvalue weighted by molar-refractivity contribution is 5.85. The highest BCUT2D eigenvalue weighted by Gasteiger charge is 2.14. The van der Waals surface area contributed by atoms with Gasteiger partial charge in [-0.15, -0.1) is 0 Å². The number of fused-ring (bicyclic) bond motifs is 3. The lowest BCUT2D eigenvalue weighted by molar-refractivity contribution is 0.680. The van der Waals surface area contributed by atoms with E-state index in [1.54, 1.807) is 5.56 Å². The second-order valence-electron chi connectivity index (χ2n) is 4.34. The fourth-order valence-electron chi connectivity index (χ4n) is 2.52. The van der Waals surface area contributed by atoms with Crippen LogP contribution in [0.25, 0.3) is 10.9 Å². The summed E-state index contributed by atoms with van der Waals surface area (Å²) in [5.74, 6) is 0. The molecule has 1 heteroatoms. The number of nitrogens with one attached hydrogen (secondary N) is 1. The number of aryl methyl sites for hydroxylation is 3. The second-order valence-corrected chi connectivity index (χ2v) is 4.34. The molecule has 86 valence electrons. The Hall–Kier alpha value is -1.24. The summed E-state index contributed by atoms with van der Waals surface area (Å²) in [5, 5.41) is 1.46. The molecule has 1 N–H and O–H groups in total. The molecule has 1 aliphatic rings. The van der Waals surface area contributed by atoms with Crippen molar-refractivity contribution in [3.63, 3.8) is 0 Å². The van der Waals surface area contributed by atoms with E-state index < -0.39 is 0 Å². The van der Waals surface area contributed by atoms with Gasteiger partial charge in [-0.1, -0.05) is 25.5 Å². The van der Waals surface area contributed by atoms with Crippen LogP contribution in [0.4, 0.5) is 0 Å². The van der Waals surface area contributed by atoms with Crippen LogP contribution >= 0.6 is 0 Å². The highest BCUT2D eigenvalue weighted by Crippen LogP contribution is 2.29. The lowest BCUT2D eigenvalue weighted by Crippen LogP contribution is -1.99. The first kappa shape index (κ1) is 11.3. The van der Waals surface area contributed by atoms with Crippen molar-refractivity contribution in [2.24, 2.45) is 0 Å². The van der Waals surface area contributed by atoms with Crippen molar-refractivity contribution < 1.29 is 0 Å². The van der Waals surface area contributed by atoms with Crippen molar-refractivity contribution in [1.29, 1.82) is 0 Å². The maximum Gasteiger partial charge on any atom is 0.0459 e.